The Balaban J connectivity index is 1.52. The summed E-state index contributed by atoms with van der Waals surface area (Å²) in [6.45, 7) is 0.786. The summed E-state index contributed by atoms with van der Waals surface area (Å²) in [5.74, 6) is 0.586. The van der Waals surface area contributed by atoms with Gasteiger partial charge in [0.15, 0.2) is 0 Å². The van der Waals surface area contributed by atoms with Crippen LogP contribution in [0.4, 0.5) is 15.1 Å². The minimum absolute atomic E-state index is 0.144. The molecule has 7 nitrogen and oxygen atoms in total. The number of aromatic nitrogens is 2. The lowest BCUT2D eigenvalue weighted by molar-refractivity contribution is 0.193. The normalized spacial score (nSPS) is 13.6. The third kappa shape index (κ3) is 4.68. The number of amides is 2. The molecule has 0 bridgehead atoms. The summed E-state index contributed by atoms with van der Waals surface area (Å²) < 4.78 is 18.1. The molecule has 1 saturated carbocycles. The van der Waals surface area contributed by atoms with Crippen LogP contribution in [0.1, 0.15) is 24.3 Å². The van der Waals surface area contributed by atoms with E-state index in [1.807, 2.05) is 19.0 Å². The van der Waals surface area contributed by atoms with Crippen molar-refractivity contribution in [1.29, 1.82) is 0 Å². The highest BCUT2D eigenvalue weighted by atomic mass is 19.1. The molecule has 1 aliphatic carbocycles. The number of benzene rings is 1. The molecule has 3 rings (SSSR count). The fourth-order valence-corrected chi connectivity index (χ4v) is 2.49. The summed E-state index contributed by atoms with van der Waals surface area (Å²) in [7, 11) is 3.63. The summed E-state index contributed by atoms with van der Waals surface area (Å²) in [5, 5.41) is 6.64. The Hall–Kier alpha value is -2.64. The Bertz CT molecular complexity index is 712. The van der Waals surface area contributed by atoms with E-state index in [9.17, 15) is 9.18 Å². The standard InChI is InChI=1S/C17H22FN5O2/c1-22(2)16-20-15(25-21-16)11-19-17(24)23(14-7-8-14)10-9-12-3-5-13(18)6-4-12/h3-6,14H,7-11H2,1-2H3,(H,19,24). The van der Waals surface area contributed by atoms with Gasteiger partial charge in [-0.15, -0.1) is 0 Å². The molecule has 0 atom stereocenters. The van der Waals surface area contributed by atoms with Crippen LogP contribution in [0, 0.1) is 5.82 Å². The molecule has 1 heterocycles. The average Bonchev–Trinajstić information content (AvgIpc) is 3.31. The first-order valence-corrected chi connectivity index (χ1v) is 8.32. The van der Waals surface area contributed by atoms with Gasteiger partial charge in [-0.25, -0.2) is 9.18 Å². The topological polar surface area (TPSA) is 74.5 Å². The summed E-state index contributed by atoms with van der Waals surface area (Å²) in [6, 6.07) is 6.51. The zero-order chi connectivity index (χ0) is 17.8. The van der Waals surface area contributed by atoms with Crippen LogP contribution in [-0.4, -0.2) is 47.8 Å². The lowest BCUT2D eigenvalue weighted by Gasteiger charge is -2.22. The Morgan fingerprint density at radius 3 is 2.64 bits per heavy atom. The van der Waals surface area contributed by atoms with Crippen LogP contribution in [-0.2, 0) is 13.0 Å². The van der Waals surface area contributed by atoms with Gasteiger partial charge in [-0.2, -0.15) is 4.98 Å². The van der Waals surface area contributed by atoms with Gasteiger partial charge in [-0.3, -0.25) is 0 Å². The molecular formula is C17H22FN5O2. The van der Waals surface area contributed by atoms with E-state index in [4.69, 9.17) is 4.52 Å². The van der Waals surface area contributed by atoms with E-state index >= 15 is 0 Å². The maximum absolute atomic E-state index is 13.0. The van der Waals surface area contributed by atoms with Crippen molar-refractivity contribution < 1.29 is 13.7 Å². The summed E-state index contributed by atoms with van der Waals surface area (Å²) >= 11 is 0. The van der Waals surface area contributed by atoms with E-state index in [-0.39, 0.29) is 24.4 Å². The predicted molar refractivity (Wildman–Crippen MR) is 90.7 cm³/mol. The van der Waals surface area contributed by atoms with Crippen LogP contribution >= 0.6 is 0 Å². The number of anilines is 1. The molecule has 1 aromatic heterocycles. The molecule has 1 aromatic carbocycles. The number of carbonyl (C=O) groups is 1. The minimum atomic E-state index is -0.253. The quantitative estimate of drug-likeness (QED) is 0.831. The molecule has 0 spiro atoms. The Labute approximate surface area is 145 Å². The Kier molecular flexibility index (Phi) is 5.16. The molecule has 1 fully saturated rings. The number of hydrogen-bond donors (Lipinski definition) is 1. The first kappa shape index (κ1) is 17.2. The van der Waals surface area contributed by atoms with E-state index in [0.717, 1.165) is 18.4 Å². The number of rotatable bonds is 7. The molecule has 25 heavy (non-hydrogen) atoms. The SMILES string of the molecule is CN(C)c1noc(CNC(=O)N(CCc2ccc(F)cc2)C2CC2)n1. The minimum Gasteiger partial charge on any atom is -0.344 e. The van der Waals surface area contributed by atoms with Gasteiger partial charge in [0.25, 0.3) is 5.95 Å². The second-order valence-corrected chi connectivity index (χ2v) is 6.34. The zero-order valence-electron chi connectivity index (χ0n) is 14.4. The molecular weight excluding hydrogens is 325 g/mol. The second-order valence-electron chi connectivity index (χ2n) is 6.34. The highest BCUT2D eigenvalue weighted by Crippen LogP contribution is 2.27. The van der Waals surface area contributed by atoms with Gasteiger partial charge in [0.2, 0.25) is 5.89 Å². The van der Waals surface area contributed by atoms with Crippen LogP contribution < -0.4 is 10.2 Å². The molecule has 2 amide bonds. The van der Waals surface area contributed by atoms with Gasteiger partial charge in [-0.05, 0) is 42.1 Å². The molecule has 1 N–H and O–H groups in total. The van der Waals surface area contributed by atoms with Crippen molar-refractivity contribution in [3.05, 3.63) is 41.5 Å². The van der Waals surface area contributed by atoms with Crippen molar-refractivity contribution in [2.45, 2.75) is 31.8 Å². The van der Waals surface area contributed by atoms with E-state index < -0.39 is 0 Å². The van der Waals surface area contributed by atoms with Gasteiger partial charge in [0.05, 0.1) is 6.54 Å². The van der Waals surface area contributed by atoms with Crippen LogP contribution in [0.25, 0.3) is 0 Å². The first-order chi connectivity index (χ1) is 12.0. The summed E-state index contributed by atoms with van der Waals surface area (Å²) in [4.78, 5) is 20.2. The van der Waals surface area contributed by atoms with E-state index in [1.54, 1.807) is 17.0 Å². The first-order valence-electron chi connectivity index (χ1n) is 8.32. The fourth-order valence-electron chi connectivity index (χ4n) is 2.49. The van der Waals surface area contributed by atoms with Crippen molar-refractivity contribution in [2.24, 2.45) is 0 Å². The van der Waals surface area contributed by atoms with E-state index in [0.29, 0.717) is 24.8 Å². The molecule has 0 saturated heterocycles. The van der Waals surface area contributed by atoms with E-state index in [1.165, 1.54) is 12.1 Å². The molecule has 134 valence electrons. The van der Waals surface area contributed by atoms with Crippen LogP contribution in [0.15, 0.2) is 28.8 Å². The smallest absolute Gasteiger partial charge is 0.318 e. The lowest BCUT2D eigenvalue weighted by atomic mass is 10.1. The fraction of sp³-hybridized carbons (Fsp3) is 0.471. The number of carbonyl (C=O) groups excluding carboxylic acids is 1. The van der Waals surface area contributed by atoms with Crippen molar-refractivity contribution in [3.63, 3.8) is 0 Å². The Morgan fingerprint density at radius 1 is 1.32 bits per heavy atom. The number of nitrogens with one attached hydrogen (secondary N) is 1. The molecule has 2 aromatic rings. The van der Waals surface area contributed by atoms with Gasteiger partial charge in [0, 0.05) is 26.7 Å². The average molecular weight is 347 g/mol. The molecule has 1 aliphatic rings. The van der Waals surface area contributed by atoms with Crippen molar-refractivity contribution in [1.82, 2.24) is 20.4 Å². The van der Waals surface area contributed by atoms with Gasteiger partial charge >= 0.3 is 6.03 Å². The van der Waals surface area contributed by atoms with Gasteiger partial charge in [0.1, 0.15) is 5.82 Å². The maximum atomic E-state index is 13.0. The zero-order valence-corrected chi connectivity index (χ0v) is 14.4. The van der Waals surface area contributed by atoms with E-state index in [2.05, 4.69) is 15.5 Å². The summed E-state index contributed by atoms with van der Waals surface area (Å²) in [5.41, 5.74) is 1.01. The van der Waals surface area contributed by atoms with Crippen molar-refractivity contribution >= 4 is 12.0 Å². The number of nitrogens with zero attached hydrogens (tertiary/aromatic N) is 4. The van der Waals surface area contributed by atoms with Crippen LogP contribution in [0.3, 0.4) is 0 Å². The molecule has 0 radical (unpaired) electrons. The summed E-state index contributed by atoms with van der Waals surface area (Å²) in [6.07, 6.45) is 2.72. The number of halogens is 1. The van der Waals surface area contributed by atoms with Crippen molar-refractivity contribution in [2.75, 3.05) is 25.5 Å². The third-order valence-corrected chi connectivity index (χ3v) is 4.05. The van der Waals surface area contributed by atoms with Gasteiger partial charge in [-0.1, -0.05) is 12.1 Å². The monoisotopic (exact) mass is 347 g/mol. The van der Waals surface area contributed by atoms with Gasteiger partial charge < -0.3 is 19.6 Å². The van der Waals surface area contributed by atoms with Crippen LogP contribution in [0.2, 0.25) is 0 Å². The molecule has 0 aliphatic heterocycles. The van der Waals surface area contributed by atoms with Crippen molar-refractivity contribution in [3.8, 4) is 0 Å². The lowest BCUT2D eigenvalue weighted by Crippen LogP contribution is -2.42. The molecule has 8 heteroatoms. The second kappa shape index (κ2) is 7.50. The van der Waals surface area contributed by atoms with Crippen LogP contribution in [0.5, 0.6) is 0 Å². The highest BCUT2D eigenvalue weighted by molar-refractivity contribution is 5.74. The highest BCUT2D eigenvalue weighted by Gasteiger charge is 2.32. The molecule has 0 unspecified atom stereocenters. The Morgan fingerprint density at radius 2 is 2.04 bits per heavy atom. The number of urea groups is 1. The third-order valence-electron chi connectivity index (χ3n) is 4.05. The largest absolute Gasteiger partial charge is 0.344 e. The predicted octanol–water partition coefficient (Wildman–Crippen LogP) is 2.19. The number of hydrogen-bond acceptors (Lipinski definition) is 5. The maximum Gasteiger partial charge on any atom is 0.318 e.